The molecule has 3 heterocycles. The van der Waals surface area contributed by atoms with Crippen LogP contribution in [-0.4, -0.2) is 19.6 Å². The molecule has 0 bridgehead atoms. The Hall–Kier alpha value is -1.97. The Morgan fingerprint density at radius 2 is 2.35 bits per heavy atom. The molecule has 1 unspecified atom stereocenters. The highest BCUT2D eigenvalue weighted by atomic mass is 32.1. The van der Waals surface area contributed by atoms with E-state index in [0.29, 0.717) is 24.2 Å². The van der Waals surface area contributed by atoms with Crippen LogP contribution in [-0.2, 0) is 0 Å². The van der Waals surface area contributed by atoms with Crippen molar-refractivity contribution >= 4 is 32.6 Å². The lowest BCUT2D eigenvalue weighted by Crippen LogP contribution is -2.12. The predicted octanol–water partition coefficient (Wildman–Crippen LogP) is 3.95. The average molecular weight is 326 g/mol. The van der Waals surface area contributed by atoms with Crippen LogP contribution >= 0.6 is 11.3 Å². The summed E-state index contributed by atoms with van der Waals surface area (Å²) < 4.78 is 3.35. The van der Waals surface area contributed by atoms with Crippen LogP contribution in [0.1, 0.15) is 50.6 Å². The van der Waals surface area contributed by atoms with E-state index in [1.807, 2.05) is 11.4 Å². The molecule has 1 aliphatic carbocycles. The first-order chi connectivity index (χ1) is 11.2. The lowest BCUT2D eigenvalue weighted by atomic mass is 10.1. The fourth-order valence-corrected chi connectivity index (χ4v) is 4.65. The number of rotatable bonds is 3. The van der Waals surface area contributed by atoms with Gasteiger partial charge in [0.25, 0.3) is 0 Å². The Morgan fingerprint density at radius 3 is 3.13 bits per heavy atom. The molecule has 3 aromatic rings. The number of pyridine rings is 1. The van der Waals surface area contributed by atoms with E-state index in [-0.39, 0.29) is 0 Å². The van der Waals surface area contributed by atoms with Crippen molar-refractivity contribution in [2.75, 3.05) is 0 Å². The quantitative estimate of drug-likeness (QED) is 0.790. The molecule has 0 aliphatic heterocycles. The van der Waals surface area contributed by atoms with Crippen molar-refractivity contribution < 1.29 is 5.11 Å². The van der Waals surface area contributed by atoms with Gasteiger partial charge in [-0.15, -0.1) is 11.3 Å². The summed E-state index contributed by atoms with van der Waals surface area (Å²) in [5.74, 6) is 1.16. The number of hydrogen-bond acceptors (Lipinski definition) is 5. The third-order valence-corrected chi connectivity index (χ3v) is 5.69. The summed E-state index contributed by atoms with van der Waals surface area (Å²) >= 11 is 1.67. The van der Waals surface area contributed by atoms with E-state index in [2.05, 4.69) is 20.6 Å². The third kappa shape index (κ3) is 2.32. The van der Waals surface area contributed by atoms with Gasteiger partial charge < -0.3 is 9.67 Å². The molecule has 118 valence electrons. The molecular formula is C17H18N4OS. The lowest BCUT2D eigenvalue weighted by Gasteiger charge is -2.18. The number of imidazole rings is 1. The van der Waals surface area contributed by atoms with Gasteiger partial charge in [-0.1, -0.05) is 0 Å². The van der Waals surface area contributed by atoms with Crippen molar-refractivity contribution in [2.45, 2.75) is 44.8 Å². The van der Waals surface area contributed by atoms with E-state index in [4.69, 9.17) is 5.26 Å². The number of hydrogen-bond donors (Lipinski definition) is 1. The van der Waals surface area contributed by atoms with Gasteiger partial charge in [-0.3, -0.25) is 4.98 Å². The van der Waals surface area contributed by atoms with Gasteiger partial charge in [-0.05, 0) is 43.6 Å². The zero-order chi connectivity index (χ0) is 16.0. The molecule has 3 aromatic heterocycles. The molecule has 0 radical (unpaired) electrons. The largest absolute Gasteiger partial charge is 0.385 e. The van der Waals surface area contributed by atoms with Crippen molar-refractivity contribution in [3.05, 3.63) is 23.5 Å². The topological polar surface area (TPSA) is 74.7 Å². The molecule has 5 nitrogen and oxygen atoms in total. The Morgan fingerprint density at radius 1 is 1.48 bits per heavy atom. The zero-order valence-corrected chi connectivity index (χ0v) is 13.8. The van der Waals surface area contributed by atoms with Crippen LogP contribution in [0.4, 0.5) is 0 Å². The molecular weight excluding hydrogens is 308 g/mol. The molecule has 0 spiro atoms. The summed E-state index contributed by atoms with van der Waals surface area (Å²) in [6.07, 6.45) is 4.88. The molecule has 0 aromatic carbocycles. The summed E-state index contributed by atoms with van der Waals surface area (Å²) in [5.41, 5.74) is 2.91. The molecule has 4 rings (SSSR count). The van der Waals surface area contributed by atoms with Crippen LogP contribution in [0.15, 0.2) is 17.6 Å². The number of fused-ring (bicyclic) bond motifs is 3. The highest BCUT2D eigenvalue weighted by molar-refractivity contribution is 7.18. The Balaban J connectivity index is 1.91. The van der Waals surface area contributed by atoms with E-state index >= 15 is 0 Å². The van der Waals surface area contributed by atoms with Crippen LogP contribution in [0, 0.1) is 17.2 Å². The minimum atomic E-state index is -0.618. The maximum Gasteiger partial charge on any atom is 0.138 e. The number of aromatic nitrogens is 3. The number of thiophene rings is 1. The predicted molar refractivity (Wildman–Crippen MR) is 90.2 cm³/mol. The minimum absolute atomic E-state index is 0.302. The summed E-state index contributed by atoms with van der Waals surface area (Å²) in [5, 5.41) is 21.2. The SMILES string of the molecule is CC(O)c1nc2cnc3ccsc3c2n1[C@H]1CC[C@@H](CC#N)C1. The number of nitrogens with zero attached hydrogens (tertiary/aromatic N) is 4. The Kier molecular flexibility index (Phi) is 3.55. The molecule has 23 heavy (non-hydrogen) atoms. The summed E-state index contributed by atoms with van der Waals surface area (Å²) in [7, 11) is 0. The van der Waals surface area contributed by atoms with Gasteiger partial charge in [-0.2, -0.15) is 5.26 Å². The zero-order valence-electron chi connectivity index (χ0n) is 12.9. The monoisotopic (exact) mass is 326 g/mol. The fourth-order valence-electron chi connectivity index (χ4n) is 3.76. The van der Waals surface area contributed by atoms with Crippen LogP contribution < -0.4 is 0 Å². The first kappa shape index (κ1) is 14.6. The van der Waals surface area contributed by atoms with Gasteiger partial charge in [0.05, 0.1) is 28.0 Å². The minimum Gasteiger partial charge on any atom is -0.385 e. The van der Waals surface area contributed by atoms with Gasteiger partial charge in [0.1, 0.15) is 17.4 Å². The van der Waals surface area contributed by atoms with E-state index < -0.39 is 6.10 Å². The van der Waals surface area contributed by atoms with E-state index in [0.717, 1.165) is 40.5 Å². The molecule has 1 saturated carbocycles. The van der Waals surface area contributed by atoms with Crippen LogP contribution in [0.5, 0.6) is 0 Å². The highest BCUT2D eigenvalue weighted by Crippen LogP contribution is 2.41. The number of nitriles is 1. The number of aliphatic hydroxyl groups is 1. The van der Waals surface area contributed by atoms with Crippen molar-refractivity contribution in [2.24, 2.45) is 5.92 Å². The van der Waals surface area contributed by atoms with Crippen LogP contribution in [0.25, 0.3) is 21.3 Å². The van der Waals surface area contributed by atoms with Crippen LogP contribution in [0.3, 0.4) is 0 Å². The smallest absolute Gasteiger partial charge is 0.138 e. The summed E-state index contributed by atoms with van der Waals surface area (Å²) in [4.78, 5) is 9.11. The van der Waals surface area contributed by atoms with E-state index in [9.17, 15) is 5.11 Å². The maximum atomic E-state index is 10.2. The maximum absolute atomic E-state index is 10.2. The van der Waals surface area contributed by atoms with Crippen molar-refractivity contribution in [1.29, 1.82) is 5.26 Å². The second-order valence-electron chi connectivity index (χ2n) is 6.34. The van der Waals surface area contributed by atoms with E-state index in [1.165, 1.54) is 0 Å². The molecule has 0 saturated heterocycles. The first-order valence-electron chi connectivity index (χ1n) is 7.98. The molecule has 6 heteroatoms. The molecule has 0 amide bonds. The van der Waals surface area contributed by atoms with Gasteiger partial charge >= 0.3 is 0 Å². The summed E-state index contributed by atoms with van der Waals surface area (Å²) in [6, 6.07) is 4.61. The standard InChI is InChI=1S/C17H18N4OS/c1-10(22)17-20-14-9-19-13-5-7-23-16(13)15(14)21(17)12-3-2-11(8-12)4-6-18/h5,7,9-12,22H,2-4,8H2,1H3/t10?,11-,12-/m0/s1. The lowest BCUT2D eigenvalue weighted by molar-refractivity contribution is 0.181. The first-order valence-corrected chi connectivity index (χ1v) is 8.86. The average Bonchev–Trinajstić information content (AvgIpc) is 3.23. The second-order valence-corrected chi connectivity index (χ2v) is 7.25. The van der Waals surface area contributed by atoms with Gasteiger partial charge in [0, 0.05) is 12.5 Å². The Labute approximate surface area is 138 Å². The fraction of sp³-hybridized carbons (Fsp3) is 0.471. The molecule has 1 N–H and O–H groups in total. The third-order valence-electron chi connectivity index (χ3n) is 4.78. The van der Waals surface area contributed by atoms with Crippen LogP contribution in [0.2, 0.25) is 0 Å². The van der Waals surface area contributed by atoms with Crippen molar-refractivity contribution in [3.8, 4) is 6.07 Å². The Bertz CT molecular complexity index is 904. The normalized spacial score (nSPS) is 22.7. The summed E-state index contributed by atoms with van der Waals surface area (Å²) in [6.45, 7) is 1.76. The van der Waals surface area contributed by atoms with Crippen molar-refractivity contribution in [1.82, 2.24) is 14.5 Å². The molecule has 3 atom stereocenters. The van der Waals surface area contributed by atoms with Crippen molar-refractivity contribution in [3.63, 3.8) is 0 Å². The molecule has 1 aliphatic rings. The highest BCUT2D eigenvalue weighted by Gasteiger charge is 2.30. The van der Waals surface area contributed by atoms with Gasteiger partial charge in [0.15, 0.2) is 0 Å². The number of aliphatic hydroxyl groups excluding tert-OH is 1. The van der Waals surface area contributed by atoms with Gasteiger partial charge in [0.2, 0.25) is 0 Å². The van der Waals surface area contributed by atoms with Gasteiger partial charge in [-0.25, -0.2) is 4.98 Å². The molecule has 1 fully saturated rings. The van der Waals surface area contributed by atoms with E-state index in [1.54, 1.807) is 24.5 Å². The second kappa shape index (κ2) is 5.59.